The molecule has 0 aliphatic carbocycles. The summed E-state index contributed by atoms with van der Waals surface area (Å²) in [6.45, 7) is 0. The van der Waals surface area contributed by atoms with Crippen molar-refractivity contribution in [1.29, 1.82) is 0 Å². The van der Waals surface area contributed by atoms with Crippen molar-refractivity contribution in [3.8, 4) is 5.75 Å². The molecule has 0 radical (unpaired) electrons. The molecule has 1 heterocycles. The molecule has 1 aromatic heterocycles. The number of rotatable bonds is 1. The van der Waals surface area contributed by atoms with E-state index in [4.69, 9.17) is 16.3 Å². The van der Waals surface area contributed by atoms with Gasteiger partial charge in [0.2, 0.25) is 0 Å². The van der Waals surface area contributed by atoms with Crippen LogP contribution in [0.3, 0.4) is 0 Å². The summed E-state index contributed by atoms with van der Waals surface area (Å²) in [4.78, 5) is 4.26. The van der Waals surface area contributed by atoms with E-state index >= 15 is 0 Å². The Hall–Kier alpha value is -0.320. The Morgan fingerprint density at radius 2 is 2.07 bits per heavy atom. The largest absolute Gasteiger partial charge is 0.496 e. The van der Waals surface area contributed by atoms with Crippen LogP contribution in [0.15, 0.2) is 27.3 Å². The van der Waals surface area contributed by atoms with E-state index in [-0.39, 0.29) is 0 Å². The van der Waals surface area contributed by atoms with Gasteiger partial charge in [0, 0.05) is 10.7 Å². The third-order valence-electron chi connectivity index (χ3n) is 2.05. The fraction of sp³-hybridized carbons (Fsp3) is 0.100. The van der Waals surface area contributed by atoms with E-state index in [1.807, 2.05) is 6.07 Å². The van der Waals surface area contributed by atoms with Gasteiger partial charge in [0.05, 0.1) is 27.5 Å². The van der Waals surface area contributed by atoms with Crippen LogP contribution in [0.5, 0.6) is 5.75 Å². The van der Waals surface area contributed by atoms with Crippen molar-refractivity contribution >= 4 is 54.4 Å². The lowest BCUT2D eigenvalue weighted by Gasteiger charge is -2.08. The number of hydrogen-bond donors (Lipinski definition) is 0. The van der Waals surface area contributed by atoms with E-state index in [1.54, 1.807) is 19.4 Å². The number of methoxy groups -OCH3 is 1. The lowest BCUT2D eigenvalue weighted by atomic mass is 10.2. The zero-order chi connectivity index (χ0) is 11.0. The number of nitrogens with zero attached hydrogens (tertiary/aromatic N) is 1. The molecule has 0 aliphatic heterocycles. The molecule has 78 valence electrons. The minimum Gasteiger partial charge on any atom is -0.496 e. The third kappa shape index (κ3) is 1.86. The van der Waals surface area contributed by atoms with Crippen LogP contribution in [-0.4, -0.2) is 12.1 Å². The number of hydrogen-bond acceptors (Lipinski definition) is 2. The second kappa shape index (κ2) is 4.28. The first-order valence-corrected chi connectivity index (χ1v) is 6.07. The first-order valence-electron chi connectivity index (χ1n) is 4.11. The van der Waals surface area contributed by atoms with Crippen molar-refractivity contribution in [1.82, 2.24) is 4.98 Å². The normalized spacial score (nSPS) is 10.7. The maximum absolute atomic E-state index is 6.06. The number of pyridine rings is 1. The molecule has 1 aromatic carbocycles. The van der Waals surface area contributed by atoms with Gasteiger partial charge in [0.25, 0.3) is 0 Å². The van der Waals surface area contributed by atoms with Gasteiger partial charge in [-0.15, -0.1) is 0 Å². The summed E-state index contributed by atoms with van der Waals surface area (Å²) in [7, 11) is 1.62. The van der Waals surface area contributed by atoms with Gasteiger partial charge in [0.15, 0.2) is 0 Å². The lowest BCUT2D eigenvalue weighted by molar-refractivity contribution is 0.419. The second-order valence-electron chi connectivity index (χ2n) is 2.89. The molecule has 2 aromatic rings. The minimum atomic E-state index is 0.610. The predicted octanol–water partition coefficient (Wildman–Crippen LogP) is 4.42. The van der Waals surface area contributed by atoms with Crippen molar-refractivity contribution in [3.05, 3.63) is 32.3 Å². The van der Waals surface area contributed by atoms with Crippen LogP contribution in [0.1, 0.15) is 0 Å². The molecule has 0 bridgehead atoms. The Labute approximate surface area is 109 Å². The Morgan fingerprint density at radius 1 is 1.33 bits per heavy atom. The summed E-state index contributed by atoms with van der Waals surface area (Å²) >= 11 is 12.9. The Morgan fingerprint density at radius 3 is 2.73 bits per heavy atom. The predicted molar refractivity (Wildman–Crippen MR) is 68.7 cm³/mol. The molecule has 0 N–H and O–H groups in total. The maximum atomic E-state index is 6.06. The van der Waals surface area contributed by atoms with E-state index in [0.717, 1.165) is 25.6 Å². The van der Waals surface area contributed by atoms with Crippen LogP contribution in [0.2, 0.25) is 5.02 Å². The second-order valence-corrected chi connectivity index (χ2v) is 4.95. The van der Waals surface area contributed by atoms with Crippen LogP contribution in [0.25, 0.3) is 10.9 Å². The molecule has 0 spiro atoms. The molecule has 5 heteroatoms. The molecule has 0 saturated carbocycles. The lowest BCUT2D eigenvalue weighted by Crippen LogP contribution is -1.89. The zero-order valence-electron chi connectivity index (χ0n) is 7.72. The average Bonchev–Trinajstić information content (AvgIpc) is 2.24. The molecule has 0 amide bonds. The third-order valence-corrected chi connectivity index (χ3v) is 4.31. The van der Waals surface area contributed by atoms with Crippen molar-refractivity contribution < 1.29 is 4.74 Å². The van der Waals surface area contributed by atoms with E-state index in [1.165, 1.54) is 0 Å². The van der Waals surface area contributed by atoms with Gasteiger partial charge in [-0.25, -0.2) is 0 Å². The number of benzene rings is 1. The monoisotopic (exact) mass is 349 g/mol. The molecule has 0 fully saturated rings. The highest BCUT2D eigenvalue weighted by molar-refractivity contribution is 9.13. The Bertz CT molecular complexity index is 530. The van der Waals surface area contributed by atoms with Crippen molar-refractivity contribution in [3.63, 3.8) is 0 Å². The Balaban J connectivity index is 2.95. The fourth-order valence-electron chi connectivity index (χ4n) is 1.35. The molecule has 2 nitrogen and oxygen atoms in total. The standard InChI is InChI=1S/C10H6Br2ClNO/c1-15-7-3-2-6(13)10-8(7)9(12)5(11)4-14-10/h2-4H,1H3. The van der Waals surface area contributed by atoms with Crippen LogP contribution in [0.4, 0.5) is 0 Å². The number of aromatic nitrogens is 1. The van der Waals surface area contributed by atoms with Crippen LogP contribution < -0.4 is 4.74 Å². The van der Waals surface area contributed by atoms with E-state index in [2.05, 4.69) is 36.8 Å². The molecular formula is C10H6Br2ClNO. The van der Waals surface area contributed by atoms with E-state index in [9.17, 15) is 0 Å². The van der Waals surface area contributed by atoms with Gasteiger partial charge >= 0.3 is 0 Å². The molecule has 0 unspecified atom stereocenters. The summed E-state index contributed by atoms with van der Waals surface area (Å²) < 4.78 is 7.03. The Kier molecular flexibility index (Phi) is 3.19. The van der Waals surface area contributed by atoms with Gasteiger partial charge in [-0.05, 0) is 44.0 Å². The summed E-state index contributed by atoms with van der Waals surface area (Å²) in [6, 6.07) is 3.60. The van der Waals surface area contributed by atoms with Gasteiger partial charge in [-0.3, -0.25) is 4.98 Å². The van der Waals surface area contributed by atoms with Gasteiger partial charge in [-0.2, -0.15) is 0 Å². The van der Waals surface area contributed by atoms with Crippen molar-refractivity contribution in [2.24, 2.45) is 0 Å². The fourth-order valence-corrected chi connectivity index (χ4v) is 2.35. The van der Waals surface area contributed by atoms with Crippen LogP contribution in [0, 0.1) is 0 Å². The van der Waals surface area contributed by atoms with Gasteiger partial charge < -0.3 is 4.74 Å². The highest BCUT2D eigenvalue weighted by atomic mass is 79.9. The maximum Gasteiger partial charge on any atom is 0.129 e. The molecule has 0 atom stereocenters. The first-order chi connectivity index (χ1) is 7.15. The van der Waals surface area contributed by atoms with Crippen molar-refractivity contribution in [2.45, 2.75) is 0 Å². The van der Waals surface area contributed by atoms with E-state index < -0.39 is 0 Å². The molecule has 2 rings (SSSR count). The molecule has 0 aliphatic rings. The van der Waals surface area contributed by atoms with Crippen molar-refractivity contribution in [2.75, 3.05) is 7.11 Å². The van der Waals surface area contributed by atoms with Crippen LogP contribution >= 0.6 is 43.5 Å². The molecule has 15 heavy (non-hydrogen) atoms. The number of fused-ring (bicyclic) bond motifs is 1. The highest BCUT2D eigenvalue weighted by Gasteiger charge is 2.12. The highest BCUT2D eigenvalue weighted by Crippen LogP contribution is 2.38. The van der Waals surface area contributed by atoms with Gasteiger partial charge in [0.1, 0.15) is 5.75 Å². The average molecular weight is 351 g/mol. The molecule has 0 saturated heterocycles. The summed E-state index contributed by atoms with van der Waals surface area (Å²) in [5, 5.41) is 1.48. The van der Waals surface area contributed by atoms with Crippen LogP contribution in [-0.2, 0) is 0 Å². The minimum absolute atomic E-state index is 0.610. The van der Waals surface area contributed by atoms with E-state index in [0.29, 0.717) is 5.02 Å². The quantitative estimate of drug-likeness (QED) is 0.759. The number of halogens is 3. The summed E-state index contributed by atoms with van der Waals surface area (Å²) in [5.74, 6) is 0.745. The summed E-state index contributed by atoms with van der Waals surface area (Å²) in [5.41, 5.74) is 0.728. The van der Waals surface area contributed by atoms with Gasteiger partial charge in [-0.1, -0.05) is 11.6 Å². The smallest absolute Gasteiger partial charge is 0.129 e. The number of ether oxygens (including phenoxy) is 1. The zero-order valence-corrected chi connectivity index (χ0v) is 11.6. The SMILES string of the molecule is COc1ccc(Cl)c2ncc(Br)c(Br)c12. The topological polar surface area (TPSA) is 22.1 Å². The summed E-state index contributed by atoms with van der Waals surface area (Å²) in [6.07, 6.45) is 1.71. The molecular weight excluding hydrogens is 345 g/mol. The first kappa shape index (κ1) is 11.2.